The lowest BCUT2D eigenvalue weighted by Gasteiger charge is -2.22. The van der Waals surface area contributed by atoms with Crippen molar-refractivity contribution in [3.8, 4) is 17.6 Å². The Morgan fingerprint density at radius 2 is 2.07 bits per heavy atom. The van der Waals surface area contributed by atoms with Crippen LogP contribution in [0.2, 0.25) is 0 Å². The molecule has 7 heteroatoms. The normalized spacial score (nSPS) is 12.6. The van der Waals surface area contributed by atoms with Crippen molar-refractivity contribution < 1.29 is 13.9 Å². The van der Waals surface area contributed by atoms with Crippen molar-refractivity contribution in [1.29, 1.82) is 5.26 Å². The third-order valence-electron chi connectivity index (χ3n) is 4.13. The molecule has 140 valence electrons. The number of hydrogen-bond donors (Lipinski definition) is 1. The summed E-state index contributed by atoms with van der Waals surface area (Å²) in [6.07, 6.45) is 0. The number of hydrogen-bond acceptors (Lipinski definition) is 4. The molecule has 27 heavy (non-hydrogen) atoms. The van der Waals surface area contributed by atoms with Crippen molar-refractivity contribution in [1.82, 2.24) is 10.2 Å². The number of halogens is 1. The van der Waals surface area contributed by atoms with Crippen molar-refractivity contribution in [2.45, 2.75) is 20.0 Å². The molecule has 0 atom stereocenters. The van der Waals surface area contributed by atoms with Crippen LogP contribution in [0.15, 0.2) is 41.4 Å². The Balaban J connectivity index is 1.72. The molecule has 1 aliphatic heterocycles. The maximum absolute atomic E-state index is 14.1. The maximum atomic E-state index is 14.1. The lowest BCUT2D eigenvalue weighted by atomic mass is 10.1. The summed E-state index contributed by atoms with van der Waals surface area (Å²) < 4.78 is 24.8. The van der Waals surface area contributed by atoms with Gasteiger partial charge in [0.05, 0.1) is 18.2 Å². The highest BCUT2D eigenvalue weighted by Crippen LogP contribution is 2.32. The molecule has 0 saturated heterocycles. The maximum Gasteiger partial charge on any atom is 0.231 e. The van der Waals surface area contributed by atoms with E-state index in [4.69, 9.17) is 14.7 Å². The van der Waals surface area contributed by atoms with Gasteiger partial charge in [-0.05, 0) is 36.8 Å². The van der Waals surface area contributed by atoms with Crippen LogP contribution in [-0.2, 0) is 13.1 Å². The molecule has 1 aliphatic rings. The Morgan fingerprint density at radius 3 is 2.81 bits per heavy atom. The van der Waals surface area contributed by atoms with Gasteiger partial charge < -0.3 is 19.7 Å². The Labute approximate surface area is 157 Å². The number of rotatable bonds is 5. The largest absolute Gasteiger partial charge is 0.454 e. The fourth-order valence-electron chi connectivity index (χ4n) is 2.76. The zero-order valence-electron chi connectivity index (χ0n) is 15.3. The molecule has 0 unspecified atom stereocenters. The van der Waals surface area contributed by atoms with Gasteiger partial charge in [0.1, 0.15) is 5.82 Å². The average Bonchev–Trinajstić information content (AvgIpc) is 3.13. The van der Waals surface area contributed by atoms with Crippen LogP contribution in [0.25, 0.3) is 0 Å². The van der Waals surface area contributed by atoms with Crippen LogP contribution in [-0.4, -0.2) is 31.2 Å². The number of nitrogens with one attached hydrogen (secondary N) is 1. The molecule has 0 aromatic heterocycles. The number of nitriles is 1. The molecule has 0 aliphatic carbocycles. The van der Waals surface area contributed by atoms with E-state index in [2.05, 4.69) is 10.3 Å². The molecule has 6 nitrogen and oxygen atoms in total. The molecule has 2 aromatic rings. The van der Waals surface area contributed by atoms with Crippen LogP contribution in [0, 0.1) is 17.1 Å². The van der Waals surface area contributed by atoms with Gasteiger partial charge in [-0.3, -0.25) is 0 Å². The van der Waals surface area contributed by atoms with E-state index in [1.807, 2.05) is 43.1 Å². The highest BCUT2D eigenvalue weighted by molar-refractivity contribution is 5.79. The molecule has 0 amide bonds. The van der Waals surface area contributed by atoms with E-state index in [1.54, 1.807) is 12.1 Å². The number of benzene rings is 2. The van der Waals surface area contributed by atoms with E-state index in [0.717, 1.165) is 17.1 Å². The molecule has 0 saturated carbocycles. The van der Waals surface area contributed by atoms with Crippen molar-refractivity contribution in [2.75, 3.05) is 20.4 Å². The van der Waals surface area contributed by atoms with Crippen LogP contribution in [0.4, 0.5) is 4.39 Å². The molecule has 0 fully saturated rings. The predicted octanol–water partition coefficient (Wildman–Crippen LogP) is 3.02. The Morgan fingerprint density at radius 1 is 1.26 bits per heavy atom. The minimum atomic E-state index is -0.424. The first kappa shape index (κ1) is 18.5. The summed E-state index contributed by atoms with van der Waals surface area (Å²) in [5.74, 6) is 1.73. The lowest BCUT2D eigenvalue weighted by Crippen LogP contribution is -2.38. The molecule has 2 aromatic carbocycles. The van der Waals surface area contributed by atoms with Gasteiger partial charge in [0.2, 0.25) is 6.79 Å². The average molecular weight is 368 g/mol. The zero-order chi connectivity index (χ0) is 19.2. The van der Waals surface area contributed by atoms with Crippen LogP contribution in [0.3, 0.4) is 0 Å². The zero-order valence-corrected chi connectivity index (χ0v) is 15.3. The topological polar surface area (TPSA) is 69.9 Å². The number of fused-ring (bicyclic) bond motifs is 1. The highest BCUT2D eigenvalue weighted by Gasteiger charge is 2.15. The van der Waals surface area contributed by atoms with Gasteiger partial charge in [-0.2, -0.15) is 5.26 Å². The Hall–Kier alpha value is -3.27. The highest BCUT2D eigenvalue weighted by atomic mass is 19.1. The number of ether oxygens (including phenoxy) is 2. The van der Waals surface area contributed by atoms with E-state index < -0.39 is 5.82 Å². The minimum Gasteiger partial charge on any atom is -0.454 e. The summed E-state index contributed by atoms with van der Waals surface area (Å²) >= 11 is 0. The van der Waals surface area contributed by atoms with Gasteiger partial charge in [0.25, 0.3) is 0 Å². The summed E-state index contributed by atoms with van der Waals surface area (Å²) in [6.45, 7) is 3.71. The van der Waals surface area contributed by atoms with E-state index in [-0.39, 0.29) is 13.3 Å². The van der Waals surface area contributed by atoms with Crippen molar-refractivity contribution >= 4 is 5.96 Å². The third kappa shape index (κ3) is 4.47. The molecule has 0 radical (unpaired) electrons. The van der Waals surface area contributed by atoms with E-state index >= 15 is 0 Å². The fourth-order valence-corrected chi connectivity index (χ4v) is 2.76. The van der Waals surface area contributed by atoms with Crippen LogP contribution < -0.4 is 14.8 Å². The van der Waals surface area contributed by atoms with Crippen LogP contribution in [0.1, 0.15) is 23.6 Å². The van der Waals surface area contributed by atoms with E-state index in [0.29, 0.717) is 30.2 Å². The van der Waals surface area contributed by atoms with E-state index in [1.165, 1.54) is 6.07 Å². The smallest absolute Gasteiger partial charge is 0.231 e. The number of aliphatic imine (C=N–C) groups is 1. The van der Waals surface area contributed by atoms with Gasteiger partial charge in [0.15, 0.2) is 17.5 Å². The molecular weight excluding hydrogens is 347 g/mol. The summed E-state index contributed by atoms with van der Waals surface area (Å²) in [5.41, 5.74) is 1.80. The second-order valence-corrected chi connectivity index (χ2v) is 6.13. The summed E-state index contributed by atoms with van der Waals surface area (Å²) in [4.78, 5) is 6.48. The molecule has 1 heterocycles. The Bertz CT molecular complexity index is 892. The van der Waals surface area contributed by atoms with Crippen molar-refractivity contribution in [2.24, 2.45) is 4.99 Å². The third-order valence-corrected chi connectivity index (χ3v) is 4.13. The molecule has 1 N–H and O–H groups in total. The minimum absolute atomic E-state index is 0.186. The second kappa shape index (κ2) is 8.41. The Kier molecular flexibility index (Phi) is 5.77. The SMILES string of the molecule is CCNC(=NCc1ccc(C#N)cc1F)N(C)Cc1ccc2c(c1)OCO2. The fraction of sp³-hybridized carbons (Fsp3) is 0.300. The van der Waals surface area contributed by atoms with Crippen molar-refractivity contribution in [3.05, 3.63) is 58.9 Å². The van der Waals surface area contributed by atoms with Gasteiger partial charge in [-0.15, -0.1) is 0 Å². The van der Waals surface area contributed by atoms with Gasteiger partial charge in [-0.1, -0.05) is 12.1 Å². The van der Waals surface area contributed by atoms with Crippen molar-refractivity contribution in [3.63, 3.8) is 0 Å². The van der Waals surface area contributed by atoms with Gasteiger partial charge >= 0.3 is 0 Å². The number of guanidine groups is 1. The molecule has 0 bridgehead atoms. The summed E-state index contributed by atoms with van der Waals surface area (Å²) in [6, 6.07) is 12.2. The standard InChI is InChI=1S/C20H21FN4O2/c1-3-23-20(24-11-16-6-4-14(10-22)8-17(16)21)25(2)12-15-5-7-18-19(9-15)27-13-26-18/h4-9H,3,11-13H2,1-2H3,(H,23,24). The summed E-state index contributed by atoms with van der Waals surface area (Å²) in [7, 11) is 1.92. The molecule has 3 rings (SSSR count). The second-order valence-electron chi connectivity index (χ2n) is 6.13. The molecule has 0 spiro atoms. The molecular formula is C20H21FN4O2. The number of nitrogens with zero attached hydrogens (tertiary/aromatic N) is 3. The predicted molar refractivity (Wildman–Crippen MR) is 100.0 cm³/mol. The van der Waals surface area contributed by atoms with Gasteiger partial charge in [-0.25, -0.2) is 9.38 Å². The monoisotopic (exact) mass is 368 g/mol. The first-order valence-corrected chi connectivity index (χ1v) is 8.67. The van der Waals surface area contributed by atoms with Crippen LogP contribution in [0.5, 0.6) is 11.5 Å². The quantitative estimate of drug-likeness (QED) is 0.649. The first-order valence-electron chi connectivity index (χ1n) is 8.67. The van der Waals surface area contributed by atoms with Crippen LogP contribution >= 0.6 is 0 Å². The lowest BCUT2D eigenvalue weighted by molar-refractivity contribution is 0.174. The first-order chi connectivity index (χ1) is 13.1. The van der Waals surface area contributed by atoms with Gasteiger partial charge in [0, 0.05) is 25.7 Å². The summed E-state index contributed by atoms with van der Waals surface area (Å²) in [5, 5.41) is 12.0. The van der Waals surface area contributed by atoms with E-state index in [9.17, 15) is 4.39 Å².